The summed E-state index contributed by atoms with van der Waals surface area (Å²) in [5, 5.41) is 0. The molecular weight excluding hydrogens is 282 g/mol. The fraction of sp³-hybridized carbons (Fsp3) is 0.529. The van der Waals surface area contributed by atoms with Crippen LogP contribution in [0.4, 0.5) is 4.79 Å². The Morgan fingerprint density at radius 2 is 1.95 bits per heavy atom. The zero-order valence-corrected chi connectivity index (χ0v) is 13.8. The molecule has 22 heavy (non-hydrogen) atoms. The number of fused-ring (bicyclic) bond motifs is 1. The van der Waals surface area contributed by atoms with Gasteiger partial charge < -0.3 is 9.47 Å². The molecule has 1 atom stereocenters. The summed E-state index contributed by atoms with van der Waals surface area (Å²) < 4.78 is 10.3. The minimum absolute atomic E-state index is 0.353. The third-order valence-corrected chi connectivity index (χ3v) is 3.72. The smallest absolute Gasteiger partial charge is 0.411 e. The summed E-state index contributed by atoms with van der Waals surface area (Å²) in [5.41, 5.74) is 2.67. The number of benzene rings is 1. The van der Waals surface area contributed by atoms with Gasteiger partial charge in [0.2, 0.25) is 0 Å². The van der Waals surface area contributed by atoms with Gasteiger partial charge in [-0.2, -0.15) is 0 Å². The van der Waals surface area contributed by atoms with Crippen LogP contribution < -0.4 is 0 Å². The molecule has 1 aromatic carbocycles. The molecule has 1 aliphatic rings. The van der Waals surface area contributed by atoms with Crippen molar-refractivity contribution in [2.45, 2.75) is 52.3 Å². The average molecular weight is 305 g/mol. The van der Waals surface area contributed by atoms with Gasteiger partial charge >= 0.3 is 12.1 Å². The van der Waals surface area contributed by atoms with Crippen molar-refractivity contribution in [1.82, 2.24) is 4.90 Å². The molecule has 1 amide bonds. The van der Waals surface area contributed by atoms with Gasteiger partial charge in [-0.25, -0.2) is 9.59 Å². The van der Waals surface area contributed by atoms with Crippen LogP contribution in [0.1, 0.15) is 37.5 Å². The molecular formula is C17H23NO4. The molecule has 2 rings (SSSR count). The molecule has 0 spiro atoms. The lowest BCUT2D eigenvalue weighted by molar-refractivity contribution is -0.147. The van der Waals surface area contributed by atoms with E-state index in [1.54, 1.807) is 20.8 Å². The first-order chi connectivity index (χ1) is 10.2. The van der Waals surface area contributed by atoms with Crippen molar-refractivity contribution in [3.63, 3.8) is 0 Å². The van der Waals surface area contributed by atoms with E-state index >= 15 is 0 Å². The first-order valence-corrected chi connectivity index (χ1v) is 7.37. The van der Waals surface area contributed by atoms with Crippen LogP contribution in [0, 0.1) is 6.92 Å². The third kappa shape index (κ3) is 3.40. The van der Waals surface area contributed by atoms with Crippen molar-refractivity contribution in [2.24, 2.45) is 0 Å². The monoisotopic (exact) mass is 305 g/mol. The summed E-state index contributed by atoms with van der Waals surface area (Å²) in [7, 11) is 1.34. The van der Waals surface area contributed by atoms with Crippen LogP contribution in [0.2, 0.25) is 0 Å². The minimum atomic E-state index is -0.645. The fourth-order valence-electron chi connectivity index (χ4n) is 2.66. The lowest BCUT2D eigenvalue weighted by atomic mass is 9.91. The number of hydrogen-bond acceptors (Lipinski definition) is 4. The Kier molecular flexibility index (Phi) is 4.44. The van der Waals surface area contributed by atoms with Crippen LogP contribution in [0.5, 0.6) is 0 Å². The molecule has 0 saturated carbocycles. The number of methoxy groups -OCH3 is 1. The minimum Gasteiger partial charge on any atom is -0.467 e. The second kappa shape index (κ2) is 5.99. The van der Waals surface area contributed by atoms with E-state index < -0.39 is 23.7 Å². The molecule has 0 saturated heterocycles. The second-order valence-corrected chi connectivity index (χ2v) is 6.56. The van der Waals surface area contributed by atoms with Gasteiger partial charge in [0.1, 0.15) is 11.6 Å². The number of nitrogens with zero attached hydrogens (tertiary/aromatic N) is 1. The van der Waals surface area contributed by atoms with E-state index in [2.05, 4.69) is 0 Å². The van der Waals surface area contributed by atoms with Crippen molar-refractivity contribution in [2.75, 3.05) is 7.11 Å². The topological polar surface area (TPSA) is 55.8 Å². The van der Waals surface area contributed by atoms with Crippen LogP contribution in [-0.4, -0.2) is 35.7 Å². The Morgan fingerprint density at radius 3 is 2.55 bits per heavy atom. The number of amides is 1. The first kappa shape index (κ1) is 16.3. The summed E-state index contributed by atoms with van der Waals surface area (Å²) in [6.07, 6.45) is -0.0384. The summed E-state index contributed by atoms with van der Waals surface area (Å²) in [4.78, 5) is 26.0. The van der Waals surface area contributed by atoms with Crippen LogP contribution in [0.25, 0.3) is 0 Å². The number of carbonyl (C=O) groups is 2. The van der Waals surface area contributed by atoms with Crippen LogP contribution >= 0.6 is 0 Å². The predicted octanol–water partition coefficient (Wildman–Crippen LogP) is 2.83. The highest BCUT2D eigenvalue weighted by atomic mass is 16.6. The van der Waals surface area contributed by atoms with Crippen molar-refractivity contribution in [1.29, 1.82) is 0 Å². The quantitative estimate of drug-likeness (QED) is 0.749. The summed E-state index contributed by atoms with van der Waals surface area (Å²) in [6.45, 7) is 7.78. The van der Waals surface area contributed by atoms with Gasteiger partial charge in [0.25, 0.3) is 0 Å². The Bertz CT molecular complexity index is 589. The van der Waals surface area contributed by atoms with E-state index in [-0.39, 0.29) is 0 Å². The molecule has 0 fully saturated rings. The van der Waals surface area contributed by atoms with Gasteiger partial charge in [0.15, 0.2) is 0 Å². The highest BCUT2D eigenvalue weighted by molar-refractivity contribution is 5.82. The normalized spacial score (nSPS) is 17.7. The van der Waals surface area contributed by atoms with Crippen LogP contribution in [-0.2, 0) is 27.2 Å². The molecule has 0 radical (unpaired) electrons. The molecule has 0 aliphatic carbocycles. The SMILES string of the molecule is COC(=O)[C@H]1Cc2c(C)cccc2CN1C(=O)OC(C)(C)C. The highest BCUT2D eigenvalue weighted by Crippen LogP contribution is 2.28. The van der Waals surface area contributed by atoms with Gasteiger partial charge in [0.05, 0.1) is 13.7 Å². The van der Waals surface area contributed by atoms with E-state index in [0.29, 0.717) is 13.0 Å². The lowest BCUT2D eigenvalue weighted by Gasteiger charge is -2.36. The van der Waals surface area contributed by atoms with E-state index in [0.717, 1.165) is 16.7 Å². The predicted molar refractivity (Wildman–Crippen MR) is 82.5 cm³/mol. The Balaban J connectivity index is 2.34. The zero-order chi connectivity index (χ0) is 16.5. The molecule has 0 aromatic heterocycles. The number of ether oxygens (including phenoxy) is 2. The zero-order valence-electron chi connectivity index (χ0n) is 13.8. The van der Waals surface area contributed by atoms with Gasteiger partial charge in [-0.15, -0.1) is 0 Å². The van der Waals surface area contributed by atoms with Crippen molar-refractivity contribution in [3.8, 4) is 0 Å². The van der Waals surface area contributed by atoms with Crippen molar-refractivity contribution >= 4 is 12.1 Å². The summed E-state index contributed by atoms with van der Waals surface area (Å²) >= 11 is 0. The standard InChI is InChI=1S/C17H23NO4/c1-11-7-6-8-12-10-18(16(20)22-17(2,3)4)14(9-13(11)12)15(19)21-5/h6-8,14H,9-10H2,1-5H3/t14-/m1/s1. The van der Waals surface area contributed by atoms with Crippen LogP contribution in [0.15, 0.2) is 18.2 Å². The molecule has 1 aliphatic heterocycles. The van der Waals surface area contributed by atoms with Crippen molar-refractivity contribution in [3.05, 3.63) is 34.9 Å². The summed E-state index contributed by atoms with van der Waals surface area (Å²) in [5.74, 6) is -0.417. The second-order valence-electron chi connectivity index (χ2n) is 6.56. The molecule has 120 valence electrons. The number of rotatable bonds is 1. The molecule has 1 heterocycles. The molecule has 5 nitrogen and oxygen atoms in total. The maximum Gasteiger partial charge on any atom is 0.411 e. The van der Waals surface area contributed by atoms with E-state index in [1.807, 2.05) is 25.1 Å². The van der Waals surface area contributed by atoms with Gasteiger partial charge in [-0.05, 0) is 44.4 Å². The fourth-order valence-corrected chi connectivity index (χ4v) is 2.66. The van der Waals surface area contributed by atoms with E-state index in [9.17, 15) is 9.59 Å². The molecule has 0 unspecified atom stereocenters. The summed E-state index contributed by atoms with van der Waals surface area (Å²) in [6, 6.07) is 5.30. The van der Waals surface area contributed by atoms with E-state index in [4.69, 9.17) is 9.47 Å². The number of esters is 1. The van der Waals surface area contributed by atoms with Gasteiger partial charge in [-0.3, -0.25) is 4.90 Å². The van der Waals surface area contributed by atoms with Crippen molar-refractivity contribution < 1.29 is 19.1 Å². The van der Waals surface area contributed by atoms with Crippen LogP contribution in [0.3, 0.4) is 0 Å². The van der Waals surface area contributed by atoms with Gasteiger partial charge in [0, 0.05) is 6.42 Å². The first-order valence-electron chi connectivity index (χ1n) is 7.37. The maximum atomic E-state index is 12.4. The average Bonchev–Trinajstić information content (AvgIpc) is 2.44. The molecule has 1 aromatic rings. The number of aryl methyl sites for hydroxylation is 1. The molecule has 5 heteroatoms. The highest BCUT2D eigenvalue weighted by Gasteiger charge is 2.38. The lowest BCUT2D eigenvalue weighted by Crippen LogP contribution is -2.50. The Hall–Kier alpha value is -2.04. The Labute approximate surface area is 131 Å². The molecule has 0 bridgehead atoms. The van der Waals surface area contributed by atoms with E-state index in [1.165, 1.54) is 12.0 Å². The van der Waals surface area contributed by atoms with Gasteiger partial charge in [-0.1, -0.05) is 18.2 Å². The number of carbonyl (C=O) groups excluding carboxylic acids is 2. The third-order valence-electron chi connectivity index (χ3n) is 3.72. The Morgan fingerprint density at radius 1 is 1.27 bits per heavy atom. The molecule has 0 N–H and O–H groups in total. The largest absolute Gasteiger partial charge is 0.467 e. The maximum absolute atomic E-state index is 12.4. The number of hydrogen-bond donors (Lipinski definition) is 0.